The van der Waals surface area contributed by atoms with Crippen molar-refractivity contribution >= 4 is 11.8 Å². The number of aliphatic hydroxyl groups is 1. The van der Waals surface area contributed by atoms with Crippen LogP contribution in [0.25, 0.3) is 0 Å². The Morgan fingerprint density at radius 3 is 2.93 bits per heavy atom. The van der Waals surface area contributed by atoms with Crippen LogP contribution in [0.4, 0.5) is 5.82 Å². The molecule has 1 rings (SSSR count). The zero-order chi connectivity index (χ0) is 10.7. The van der Waals surface area contributed by atoms with Crippen LogP contribution >= 0.6 is 0 Å². The third-order valence-electron chi connectivity index (χ3n) is 1.56. The van der Waals surface area contributed by atoms with Crippen molar-refractivity contribution in [3.05, 3.63) is 21.9 Å². The average Bonchev–Trinajstić information content (AvgIpc) is 2.49. The fraction of sp³-hybridized carbons (Fsp3) is 0.333. The van der Waals surface area contributed by atoms with E-state index in [-0.39, 0.29) is 5.56 Å². The summed E-state index contributed by atoms with van der Waals surface area (Å²) in [7, 11) is 0. The lowest BCUT2D eigenvalue weighted by Crippen LogP contribution is -2.06. The molecule has 3 N–H and O–H groups in total. The third kappa shape index (κ3) is 2.04. The van der Waals surface area contributed by atoms with Gasteiger partial charge in [0.2, 0.25) is 0 Å². The van der Waals surface area contributed by atoms with Gasteiger partial charge in [0.15, 0.2) is 0 Å². The summed E-state index contributed by atoms with van der Waals surface area (Å²) in [5.74, 6) is -1.73. The van der Waals surface area contributed by atoms with Crippen molar-refractivity contribution in [1.82, 2.24) is 10.2 Å². The molecule has 0 amide bonds. The van der Waals surface area contributed by atoms with Crippen LogP contribution in [0.15, 0.2) is 6.20 Å². The summed E-state index contributed by atoms with van der Waals surface area (Å²) in [6, 6.07) is 0. The molecule has 14 heavy (non-hydrogen) atoms. The molecule has 0 saturated carbocycles. The van der Waals surface area contributed by atoms with Crippen LogP contribution in [-0.4, -0.2) is 31.3 Å². The zero-order valence-electron chi connectivity index (χ0n) is 6.88. The molecular weight excluding hydrogens is 194 g/mol. The minimum absolute atomic E-state index is 0.127. The largest absolute Gasteiger partial charge is 0.481 e. The summed E-state index contributed by atoms with van der Waals surface area (Å²) in [5, 5.41) is 33.4. The highest BCUT2D eigenvalue weighted by molar-refractivity contribution is 5.67. The molecule has 0 aliphatic rings. The molecule has 1 atom stereocenters. The highest BCUT2D eigenvalue weighted by atomic mass is 16.6. The maximum absolute atomic E-state index is 10.3. The molecule has 0 unspecified atom stereocenters. The molecule has 76 valence electrons. The number of hydrogen-bond donors (Lipinski definition) is 3. The molecular formula is C6H7N3O5. The minimum Gasteiger partial charge on any atom is -0.481 e. The molecule has 0 saturated heterocycles. The molecule has 0 aromatic carbocycles. The fourth-order valence-corrected chi connectivity index (χ4v) is 0.954. The van der Waals surface area contributed by atoms with Crippen LogP contribution < -0.4 is 0 Å². The first kappa shape index (κ1) is 10.1. The number of carboxylic acid groups (broad SMARTS) is 1. The number of aliphatic hydroxyl groups excluding tert-OH is 1. The van der Waals surface area contributed by atoms with E-state index in [4.69, 9.17) is 5.11 Å². The van der Waals surface area contributed by atoms with Gasteiger partial charge in [-0.15, -0.1) is 5.10 Å². The molecule has 1 aromatic rings. The lowest BCUT2D eigenvalue weighted by molar-refractivity contribution is -0.390. The number of carboxylic acids is 1. The van der Waals surface area contributed by atoms with Crippen LogP contribution in [-0.2, 0) is 4.79 Å². The van der Waals surface area contributed by atoms with Crippen LogP contribution in [0.1, 0.15) is 18.1 Å². The van der Waals surface area contributed by atoms with Crippen molar-refractivity contribution in [3.63, 3.8) is 0 Å². The molecule has 0 spiro atoms. The first-order valence-corrected chi connectivity index (χ1v) is 3.60. The van der Waals surface area contributed by atoms with Gasteiger partial charge in [-0.25, -0.2) is 0 Å². The van der Waals surface area contributed by atoms with Crippen molar-refractivity contribution in [3.8, 4) is 0 Å². The number of nitro groups is 1. The van der Waals surface area contributed by atoms with E-state index >= 15 is 0 Å². The summed E-state index contributed by atoms with van der Waals surface area (Å²) in [6.45, 7) is 0. The molecule has 8 nitrogen and oxygen atoms in total. The van der Waals surface area contributed by atoms with Gasteiger partial charge < -0.3 is 20.3 Å². The van der Waals surface area contributed by atoms with E-state index in [1.807, 2.05) is 0 Å². The van der Waals surface area contributed by atoms with Gasteiger partial charge in [0, 0.05) is 0 Å². The van der Waals surface area contributed by atoms with E-state index in [2.05, 4.69) is 10.2 Å². The van der Waals surface area contributed by atoms with E-state index in [1.165, 1.54) is 0 Å². The maximum atomic E-state index is 10.3. The lowest BCUT2D eigenvalue weighted by Gasteiger charge is -2.03. The predicted octanol–water partition coefficient (Wildman–Crippen LogP) is -0.174. The molecule has 1 aromatic heterocycles. The van der Waals surface area contributed by atoms with Crippen molar-refractivity contribution in [2.45, 2.75) is 12.5 Å². The second-order valence-electron chi connectivity index (χ2n) is 2.54. The van der Waals surface area contributed by atoms with Gasteiger partial charge in [-0.3, -0.25) is 4.79 Å². The van der Waals surface area contributed by atoms with Gasteiger partial charge in [-0.1, -0.05) is 5.10 Å². The number of aromatic nitrogens is 2. The van der Waals surface area contributed by atoms with Crippen LogP contribution in [0.2, 0.25) is 0 Å². The minimum atomic E-state index is -1.42. The number of aliphatic carboxylic acids is 1. The summed E-state index contributed by atoms with van der Waals surface area (Å²) in [5.41, 5.74) is -0.127. The second kappa shape index (κ2) is 3.83. The number of H-pyrrole nitrogens is 1. The molecule has 0 radical (unpaired) electrons. The number of aromatic amines is 1. The Labute approximate surface area is 77.3 Å². The number of nitrogens with one attached hydrogen (secondary N) is 1. The van der Waals surface area contributed by atoms with Gasteiger partial charge in [-0.05, 0) is 4.92 Å². The van der Waals surface area contributed by atoms with Crippen molar-refractivity contribution in [2.75, 3.05) is 0 Å². The SMILES string of the molecule is O=C(O)C[C@@H](O)c1cn[nH]c1[N+](=O)[O-]. The van der Waals surface area contributed by atoms with Crippen molar-refractivity contribution in [1.29, 1.82) is 0 Å². The average molecular weight is 201 g/mol. The predicted molar refractivity (Wildman–Crippen MR) is 42.5 cm³/mol. The second-order valence-corrected chi connectivity index (χ2v) is 2.54. The van der Waals surface area contributed by atoms with Gasteiger partial charge in [0.1, 0.15) is 0 Å². The molecule has 0 bridgehead atoms. The van der Waals surface area contributed by atoms with Crippen molar-refractivity contribution in [2.24, 2.45) is 0 Å². The van der Waals surface area contributed by atoms with Gasteiger partial charge >= 0.3 is 11.8 Å². The Morgan fingerprint density at radius 2 is 2.43 bits per heavy atom. The summed E-state index contributed by atoms with van der Waals surface area (Å²) in [4.78, 5) is 19.8. The Balaban J connectivity index is 2.89. The standard InChI is InChI=1S/C6H7N3O5/c10-4(1-5(11)12)3-2-7-8-6(3)9(13)14/h2,4,10H,1H2,(H,7,8)(H,11,12)/t4-/m1/s1. The molecule has 1 heterocycles. The smallest absolute Gasteiger partial charge is 0.348 e. The van der Waals surface area contributed by atoms with E-state index < -0.39 is 29.2 Å². The molecule has 8 heteroatoms. The zero-order valence-corrected chi connectivity index (χ0v) is 6.88. The number of carbonyl (C=O) groups is 1. The van der Waals surface area contributed by atoms with Gasteiger partial charge in [-0.2, -0.15) is 0 Å². The summed E-state index contributed by atoms with van der Waals surface area (Å²) in [6.07, 6.45) is -0.988. The topological polar surface area (TPSA) is 129 Å². The Kier molecular flexibility index (Phi) is 2.77. The van der Waals surface area contributed by atoms with Crippen LogP contribution in [0, 0.1) is 10.1 Å². The molecule has 0 fully saturated rings. The fourth-order valence-electron chi connectivity index (χ4n) is 0.954. The molecule has 0 aliphatic heterocycles. The van der Waals surface area contributed by atoms with Crippen LogP contribution in [0.5, 0.6) is 0 Å². The highest BCUT2D eigenvalue weighted by Crippen LogP contribution is 2.24. The van der Waals surface area contributed by atoms with E-state index in [0.29, 0.717) is 0 Å². The van der Waals surface area contributed by atoms with Crippen molar-refractivity contribution < 1.29 is 19.9 Å². The van der Waals surface area contributed by atoms with Crippen LogP contribution in [0.3, 0.4) is 0 Å². The van der Waals surface area contributed by atoms with Gasteiger partial charge in [0.25, 0.3) is 0 Å². The van der Waals surface area contributed by atoms with E-state index in [1.54, 1.807) is 0 Å². The number of hydrogen-bond acceptors (Lipinski definition) is 5. The first-order chi connectivity index (χ1) is 6.52. The normalized spacial score (nSPS) is 12.4. The lowest BCUT2D eigenvalue weighted by atomic mass is 10.1. The summed E-state index contributed by atoms with van der Waals surface area (Å²) >= 11 is 0. The Morgan fingerprint density at radius 1 is 1.79 bits per heavy atom. The third-order valence-corrected chi connectivity index (χ3v) is 1.56. The summed E-state index contributed by atoms with van der Waals surface area (Å²) < 4.78 is 0. The maximum Gasteiger partial charge on any atom is 0.348 e. The first-order valence-electron chi connectivity index (χ1n) is 3.60. The quantitative estimate of drug-likeness (QED) is 0.457. The van der Waals surface area contributed by atoms with E-state index in [0.717, 1.165) is 6.20 Å². The number of nitrogens with zero attached hydrogens (tertiary/aromatic N) is 2. The number of rotatable bonds is 4. The molecule has 0 aliphatic carbocycles. The Hall–Kier alpha value is -1.96. The monoisotopic (exact) mass is 201 g/mol. The van der Waals surface area contributed by atoms with Gasteiger partial charge in [0.05, 0.1) is 24.3 Å². The Bertz CT molecular complexity index is 360. The van der Waals surface area contributed by atoms with E-state index in [9.17, 15) is 20.0 Å². The highest BCUT2D eigenvalue weighted by Gasteiger charge is 2.23.